The summed E-state index contributed by atoms with van der Waals surface area (Å²) in [5.74, 6) is 0.954. The van der Waals surface area contributed by atoms with Gasteiger partial charge in [0.2, 0.25) is 0 Å². The molecule has 5 heteroatoms. The van der Waals surface area contributed by atoms with E-state index in [1.165, 1.54) is 0 Å². The molecule has 0 bridgehead atoms. The van der Waals surface area contributed by atoms with Crippen molar-refractivity contribution in [2.24, 2.45) is 0 Å². The molecule has 2 N–H and O–H groups in total. The molecule has 0 saturated heterocycles. The molecule has 1 aromatic carbocycles. The Bertz CT molecular complexity index is 597. The Morgan fingerprint density at radius 1 is 1.29 bits per heavy atom. The van der Waals surface area contributed by atoms with E-state index in [1.807, 2.05) is 6.07 Å². The third-order valence-corrected chi connectivity index (χ3v) is 2.92. The number of nitrogens with zero attached hydrogens (tertiary/aromatic N) is 1. The zero-order chi connectivity index (χ0) is 15.1. The predicted molar refractivity (Wildman–Crippen MR) is 84.0 cm³/mol. The Labute approximate surface area is 124 Å². The number of rotatable bonds is 6. The molecule has 0 atom stereocenters. The molecule has 0 radical (unpaired) electrons. The van der Waals surface area contributed by atoms with E-state index >= 15 is 0 Å². The summed E-state index contributed by atoms with van der Waals surface area (Å²) in [4.78, 5) is 16.3. The molecule has 0 aliphatic heterocycles. The Kier molecular flexibility index (Phi) is 5.15. The molecule has 2 rings (SSSR count). The highest BCUT2D eigenvalue weighted by Crippen LogP contribution is 2.15. The standard InChI is InChI=1S/C16H19N3O2/c1-3-9-17-13-7-8-15(18-11-13)19-16(20)12-5-4-6-14(10-12)21-2/h4-8,10-11,17H,3,9H2,1-2H3,(H,18,19,20). The molecule has 0 aliphatic carbocycles. The second-order valence-electron chi connectivity index (χ2n) is 4.54. The molecule has 0 unspecified atom stereocenters. The van der Waals surface area contributed by atoms with Crippen molar-refractivity contribution in [2.45, 2.75) is 13.3 Å². The SMILES string of the molecule is CCCNc1ccc(NC(=O)c2cccc(OC)c2)nc1. The van der Waals surface area contributed by atoms with Gasteiger partial charge in [-0.2, -0.15) is 0 Å². The lowest BCUT2D eigenvalue weighted by molar-refractivity contribution is 0.102. The van der Waals surface area contributed by atoms with E-state index in [0.717, 1.165) is 18.7 Å². The van der Waals surface area contributed by atoms with Gasteiger partial charge < -0.3 is 15.4 Å². The number of methoxy groups -OCH3 is 1. The molecule has 1 heterocycles. The van der Waals surface area contributed by atoms with E-state index in [9.17, 15) is 4.79 Å². The van der Waals surface area contributed by atoms with Crippen molar-refractivity contribution in [3.8, 4) is 5.75 Å². The Morgan fingerprint density at radius 3 is 2.81 bits per heavy atom. The maximum absolute atomic E-state index is 12.1. The molecule has 21 heavy (non-hydrogen) atoms. The van der Waals surface area contributed by atoms with Gasteiger partial charge in [-0.05, 0) is 36.8 Å². The lowest BCUT2D eigenvalue weighted by Gasteiger charge is -2.08. The number of hydrogen-bond acceptors (Lipinski definition) is 4. The quantitative estimate of drug-likeness (QED) is 0.855. The van der Waals surface area contributed by atoms with Crippen LogP contribution < -0.4 is 15.4 Å². The number of amides is 1. The van der Waals surface area contributed by atoms with Gasteiger partial charge in [0.05, 0.1) is 19.0 Å². The van der Waals surface area contributed by atoms with Gasteiger partial charge >= 0.3 is 0 Å². The maximum Gasteiger partial charge on any atom is 0.256 e. The van der Waals surface area contributed by atoms with Crippen LogP contribution in [-0.2, 0) is 0 Å². The molecule has 5 nitrogen and oxygen atoms in total. The molecule has 110 valence electrons. The number of pyridine rings is 1. The third-order valence-electron chi connectivity index (χ3n) is 2.92. The van der Waals surface area contributed by atoms with Crippen molar-refractivity contribution in [2.75, 3.05) is 24.3 Å². The minimum absolute atomic E-state index is 0.212. The van der Waals surface area contributed by atoms with Crippen LogP contribution >= 0.6 is 0 Å². The van der Waals surface area contributed by atoms with Gasteiger partial charge in [-0.3, -0.25) is 4.79 Å². The lowest BCUT2D eigenvalue weighted by atomic mass is 10.2. The fourth-order valence-electron chi connectivity index (χ4n) is 1.79. The summed E-state index contributed by atoms with van der Waals surface area (Å²) in [5.41, 5.74) is 1.47. The monoisotopic (exact) mass is 285 g/mol. The number of carbonyl (C=O) groups is 1. The molecule has 1 amide bonds. The van der Waals surface area contributed by atoms with Crippen LogP contribution in [0, 0.1) is 0 Å². The van der Waals surface area contributed by atoms with Crippen LogP contribution in [0.15, 0.2) is 42.6 Å². The van der Waals surface area contributed by atoms with Crippen molar-refractivity contribution in [3.05, 3.63) is 48.2 Å². The molecule has 0 spiro atoms. The highest BCUT2D eigenvalue weighted by atomic mass is 16.5. The minimum Gasteiger partial charge on any atom is -0.497 e. The van der Waals surface area contributed by atoms with Gasteiger partial charge in [0.1, 0.15) is 11.6 Å². The van der Waals surface area contributed by atoms with Crippen LogP contribution in [0.1, 0.15) is 23.7 Å². The number of nitrogens with one attached hydrogen (secondary N) is 2. The summed E-state index contributed by atoms with van der Waals surface area (Å²) in [6.07, 6.45) is 2.76. The number of anilines is 2. The molecular formula is C16H19N3O2. The highest BCUT2D eigenvalue weighted by Gasteiger charge is 2.07. The van der Waals surface area contributed by atoms with E-state index in [2.05, 4.69) is 22.5 Å². The number of hydrogen-bond donors (Lipinski definition) is 2. The van der Waals surface area contributed by atoms with Gasteiger partial charge in [0.25, 0.3) is 5.91 Å². The van der Waals surface area contributed by atoms with Crippen LogP contribution in [0.5, 0.6) is 5.75 Å². The van der Waals surface area contributed by atoms with Gasteiger partial charge in [0.15, 0.2) is 0 Å². The second-order valence-corrected chi connectivity index (χ2v) is 4.54. The molecular weight excluding hydrogens is 266 g/mol. The summed E-state index contributed by atoms with van der Waals surface area (Å²) in [5, 5.41) is 5.99. The van der Waals surface area contributed by atoms with Gasteiger partial charge in [-0.25, -0.2) is 4.98 Å². The number of aromatic nitrogens is 1. The Balaban J connectivity index is 2.01. The normalized spacial score (nSPS) is 10.0. The molecule has 0 aliphatic rings. The predicted octanol–water partition coefficient (Wildman–Crippen LogP) is 3.16. The van der Waals surface area contributed by atoms with Crippen LogP contribution in [0.3, 0.4) is 0 Å². The summed E-state index contributed by atoms with van der Waals surface area (Å²) in [6, 6.07) is 10.7. The fraction of sp³-hybridized carbons (Fsp3) is 0.250. The first-order valence-electron chi connectivity index (χ1n) is 6.88. The van der Waals surface area contributed by atoms with Crippen LogP contribution in [0.25, 0.3) is 0 Å². The largest absolute Gasteiger partial charge is 0.497 e. The first-order chi connectivity index (χ1) is 10.2. The summed E-state index contributed by atoms with van der Waals surface area (Å²) < 4.78 is 5.10. The summed E-state index contributed by atoms with van der Waals surface area (Å²) >= 11 is 0. The van der Waals surface area contributed by atoms with Crippen LogP contribution in [0.2, 0.25) is 0 Å². The first-order valence-corrected chi connectivity index (χ1v) is 6.88. The van der Waals surface area contributed by atoms with Crippen molar-refractivity contribution in [1.29, 1.82) is 0 Å². The maximum atomic E-state index is 12.1. The van der Waals surface area contributed by atoms with Crippen molar-refractivity contribution >= 4 is 17.4 Å². The topological polar surface area (TPSA) is 63.2 Å². The lowest BCUT2D eigenvalue weighted by Crippen LogP contribution is -2.13. The first kappa shape index (κ1) is 14.8. The average Bonchev–Trinajstić information content (AvgIpc) is 2.54. The van der Waals surface area contributed by atoms with Crippen LogP contribution in [0.4, 0.5) is 11.5 Å². The van der Waals surface area contributed by atoms with E-state index in [0.29, 0.717) is 17.1 Å². The molecule has 0 saturated carbocycles. The summed E-state index contributed by atoms with van der Waals surface area (Å²) in [6.45, 7) is 3.00. The fourth-order valence-corrected chi connectivity index (χ4v) is 1.79. The van der Waals surface area contributed by atoms with Gasteiger partial charge in [-0.1, -0.05) is 13.0 Å². The highest BCUT2D eigenvalue weighted by molar-refractivity contribution is 6.04. The Morgan fingerprint density at radius 2 is 2.14 bits per heavy atom. The zero-order valence-electron chi connectivity index (χ0n) is 12.2. The average molecular weight is 285 g/mol. The smallest absolute Gasteiger partial charge is 0.256 e. The molecule has 2 aromatic rings. The number of benzene rings is 1. The van der Waals surface area contributed by atoms with Crippen molar-refractivity contribution in [1.82, 2.24) is 4.98 Å². The van der Waals surface area contributed by atoms with E-state index in [-0.39, 0.29) is 5.91 Å². The minimum atomic E-state index is -0.212. The number of ether oxygens (including phenoxy) is 1. The van der Waals surface area contributed by atoms with Crippen molar-refractivity contribution in [3.63, 3.8) is 0 Å². The van der Waals surface area contributed by atoms with Gasteiger partial charge in [-0.15, -0.1) is 0 Å². The third kappa shape index (κ3) is 4.21. The molecule has 0 fully saturated rings. The van der Waals surface area contributed by atoms with E-state index in [1.54, 1.807) is 43.6 Å². The van der Waals surface area contributed by atoms with Gasteiger partial charge in [0, 0.05) is 12.1 Å². The Hall–Kier alpha value is -2.56. The zero-order valence-corrected chi connectivity index (χ0v) is 12.2. The second kappa shape index (κ2) is 7.28. The van der Waals surface area contributed by atoms with E-state index < -0.39 is 0 Å². The van der Waals surface area contributed by atoms with Crippen molar-refractivity contribution < 1.29 is 9.53 Å². The van der Waals surface area contributed by atoms with E-state index in [4.69, 9.17) is 4.74 Å². The summed E-state index contributed by atoms with van der Waals surface area (Å²) in [7, 11) is 1.57. The molecule has 1 aromatic heterocycles. The number of carbonyl (C=O) groups excluding carboxylic acids is 1. The van der Waals surface area contributed by atoms with Crippen LogP contribution in [-0.4, -0.2) is 24.5 Å².